The maximum Gasteiger partial charge on any atom is 0.303 e. The zero-order valence-electron chi connectivity index (χ0n) is 29.7. The SMILES string of the molecule is CC(O)[C@H]1NC(=O)[C@H](C)NC(=O)[C@H](CCC(=O)O)NC(=O)[C@@H]2Cc3c([nH]c4ccccc34)SC[C@H](NC1=O)C(=O)N1C[C@@H](O)C[C@H]1C(=O)N[C@@H](C)C(=O)N2. The van der Waals surface area contributed by atoms with Crippen molar-refractivity contribution in [1.82, 2.24) is 41.8 Å². The summed E-state index contributed by atoms with van der Waals surface area (Å²) in [6.07, 6.45) is -3.95. The number of thioether (sulfide) groups is 1. The molecular weight excluding hydrogens is 728 g/mol. The van der Waals surface area contributed by atoms with Gasteiger partial charge in [-0.3, -0.25) is 38.4 Å². The van der Waals surface area contributed by atoms with Crippen LogP contribution >= 0.6 is 11.8 Å². The number of rotatable bonds is 4. The van der Waals surface area contributed by atoms with Crippen LogP contribution in [0.15, 0.2) is 29.3 Å². The van der Waals surface area contributed by atoms with Crippen LogP contribution in [0.4, 0.5) is 0 Å². The first-order chi connectivity index (χ1) is 25.5. The summed E-state index contributed by atoms with van der Waals surface area (Å²) in [6, 6.07) is -2.79. The highest BCUT2D eigenvalue weighted by Gasteiger charge is 2.43. The predicted octanol–water partition coefficient (Wildman–Crippen LogP) is -3.01. The number of nitrogens with one attached hydrogen (secondary N) is 7. The summed E-state index contributed by atoms with van der Waals surface area (Å²) in [6.45, 7) is 3.58. The van der Waals surface area contributed by atoms with Crippen molar-refractivity contribution in [3.8, 4) is 0 Å². The quantitative estimate of drug-likeness (QED) is 0.149. The van der Waals surface area contributed by atoms with Gasteiger partial charge in [-0.05, 0) is 38.8 Å². The van der Waals surface area contributed by atoms with Crippen LogP contribution < -0.4 is 31.9 Å². The molecule has 0 saturated carbocycles. The minimum atomic E-state index is -1.64. The van der Waals surface area contributed by atoms with Crippen molar-refractivity contribution >= 4 is 70.0 Å². The number of para-hydroxylation sites is 1. The lowest BCUT2D eigenvalue weighted by Crippen LogP contribution is -2.61. The number of carbonyl (C=O) groups excluding carboxylic acids is 7. The highest BCUT2D eigenvalue weighted by Crippen LogP contribution is 2.32. The molecule has 2 bridgehead atoms. The second-order valence-electron chi connectivity index (χ2n) is 13.7. The number of benzene rings is 1. The van der Waals surface area contributed by atoms with Gasteiger partial charge in [0.15, 0.2) is 0 Å². The Bertz CT molecular complexity index is 1840. The average Bonchev–Trinajstić information content (AvgIpc) is 3.68. The number of hydrogen-bond donors (Lipinski definition) is 10. The van der Waals surface area contributed by atoms with Gasteiger partial charge in [-0.2, -0.15) is 0 Å². The fourth-order valence-electron chi connectivity index (χ4n) is 6.57. The number of carboxylic acid groups (broad SMARTS) is 1. The highest BCUT2D eigenvalue weighted by atomic mass is 32.2. The molecule has 1 aromatic carbocycles. The van der Waals surface area contributed by atoms with Gasteiger partial charge in [-0.25, -0.2) is 0 Å². The monoisotopic (exact) mass is 772 g/mol. The lowest BCUT2D eigenvalue weighted by molar-refractivity contribution is -0.142. The van der Waals surface area contributed by atoms with Gasteiger partial charge in [0.05, 0.1) is 17.2 Å². The van der Waals surface area contributed by atoms with E-state index in [2.05, 4.69) is 36.9 Å². The molecule has 20 heteroatoms. The average molecular weight is 773 g/mol. The van der Waals surface area contributed by atoms with E-state index in [-0.39, 0.29) is 25.1 Å². The minimum absolute atomic E-state index is 0.171. The van der Waals surface area contributed by atoms with E-state index in [1.165, 1.54) is 20.8 Å². The Morgan fingerprint density at radius 3 is 2.19 bits per heavy atom. The van der Waals surface area contributed by atoms with E-state index < -0.39 is 115 Å². The Morgan fingerprint density at radius 2 is 1.50 bits per heavy atom. The first kappa shape index (κ1) is 40.0. The Labute approximate surface area is 313 Å². The predicted molar refractivity (Wildman–Crippen MR) is 190 cm³/mol. The van der Waals surface area contributed by atoms with E-state index in [0.717, 1.165) is 16.7 Å². The van der Waals surface area contributed by atoms with E-state index in [0.29, 0.717) is 21.5 Å². The van der Waals surface area contributed by atoms with E-state index in [1.54, 1.807) is 24.3 Å². The lowest BCUT2D eigenvalue weighted by Gasteiger charge is -2.30. The number of aliphatic carboxylic acids is 1. The third-order valence-corrected chi connectivity index (χ3v) is 10.7. The maximum absolute atomic E-state index is 14.3. The fraction of sp³-hybridized carbons (Fsp3) is 0.529. The second kappa shape index (κ2) is 16.9. The van der Waals surface area contributed by atoms with Crippen LogP contribution in [0.2, 0.25) is 0 Å². The first-order valence-corrected chi connectivity index (χ1v) is 18.5. The summed E-state index contributed by atoms with van der Waals surface area (Å²) in [5, 5.41) is 46.7. The molecule has 10 N–H and O–H groups in total. The number of hydrogen-bond acceptors (Lipinski definition) is 11. The van der Waals surface area contributed by atoms with Crippen LogP contribution in [0.5, 0.6) is 0 Å². The molecule has 19 nitrogen and oxygen atoms in total. The van der Waals surface area contributed by atoms with E-state index >= 15 is 0 Å². The lowest BCUT2D eigenvalue weighted by atomic mass is 10.0. The van der Waals surface area contributed by atoms with Crippen LogP contribution in [0.3, 0.4) is 0 Å². The zero-order chi connectivity index (χ0) is 39.4. The van der Waals surface area contributed by atoms with Gasteiger partial charge < -0.3 is 57.1 Å². The van der Waals surface area contributed by atoms with Crippen LogP contribution in [0.1, 0.15) is 45.6 Å². The topological polar surface area (TPSA) is 288 Å². The number of fused-ring (bicyclic) bond motifs is 5. The minimum Gasteiger partial charge on any atom is -0.481 e. The summed E-state index contributed by atoms with van der Waals surface area (Å²) < 4.78 is 0. The molecule has 5 rings (SSSR count). The molecule has 1 fully saturated rings. The molecule has 0 aliphatic carbocycles. The van der Waals surface area contributed by atoms with Crippen molar-refractivity contribution in [2.45, 2.75) is 106 Å². The van der Waals surface area contributed by atoms with Crippen LogP contribution in [0.25, 0.3) is 10.9 Å². The molecule has 1 unspecified atom stereocenters. The molecule has 3 aliphatic rings. The van der Waals surface area contributed by atoms with Gasteiger partial charge in [0.2, 0.25) is 41.4 Å². The number of nitrogens with zero attached hydrogens (tertiary/aromatic N) is 1. The van der Waals surface area contributed by atoms with Gasteiger partial charge in [-0.1, -0.05) is 18.2 Å². The van der Waals surface area contributed by atoms with E-state index in [1.807, 2.05) is 0 Å². The van der Waals surface area contributed by atoms with Crippen molar-refractivity contribution in [2.24, 2.45) is 0 Å². The third kappa shape index (κ3) is 9.11. The zero-order valence-corrected chi connectivity index (χ0v) is 30.5. The molecule has 3 aliphatic heterocycles. The van der Waals surface area contributed by atoms with E-state index in [9.17, 15) is 53.7 Å². The summed E-state index contributed by atoms with van der Waals surface area (Å²) in [4.78, 5) is 112. The number of aliphatic hydroxyl groups excluding tert-OH is 2. The van der Waals surface area contributed by atoms with Gasteiger partial charge >= 0.3 is 5.97 Å². The Balaban J connectivity index is 1.67. The normalized spacial score (nSPS) is 29.8. The Kier molecular flexibility index (Phi) is 12.5. The number of aromatic nitrogens is 1. The highest BCUT2D eigenvalue weighted by molar-refractivity contribution is 7.99. The molecule has 4 heterocycles. The number of H-pyrrole nitrogens is 1. The smallest absolute Gasteiger partial charge is 0.303 e. The number of amides is 7. The Hall–Kier alpha value is -5.21. The van der Waals surface area contributed by atoms with Crippen LogP contribution in [-0.4, -0.2) is 139 Å². The first-order valence-electron chi connectivity index (χ1n) is 17.5. The van der Waals surface area contributed by atoms with Crippen molar-refractivity contribution in [2.75, 3.05) is 12.3 Å². The van der Waals surface area contributed by atoms with Gasteiger partial charge in [0.25, 0.3) is 0 Å². The molecule has 2 aromatic rings. The summed E-state index contributed by atoms with van der Waals surface area (Å²) >= 11 is 1.08. The molecule has 54 heavy (non-hydrogen) atoms. The molecule has 0 radical (unpaired) electrons. The Morgan fingerprint density at radius 1 is 0.852 bits per heavy atom. The van der Waals surface area contributed by atoms with Crippen molar-refractivity contribution in [1.29, 1.82) is 0 Å². The molecule has 1 saturated heterocycles. The number of aromatic amines is 1. The fourth-order valence-corrected chi connectivity index (χ4v) is 7.68. The molecule has 292 valence electrons. The molecule has 9 atom stereocenters. The number of carboxylic acids is 1. The van der Waals surface area contributed by atoms with Crippen LogP contribution in [-0.2, 0) is 44.8 Å². The van der Waals surface area contributed by atoms with Crippen molar-refractivity contribution in [3.05, 3.63) is 29.8 Å². The maximum atomic E-state index is 14.3. The molecule has 0 spiro atoms. The van der Waals surface area contributed by atoms with Crippen molar-refractivity contribution in [3.63, 3.8) is 0 Å². The second-order valence-corrected chi connectivity index (χ2v) is 14.7. The van der Waals surface area contributed by atoms with E-state index in [4.69, 9.17) is 0 Å². The van der Waals surface area contributed by atoms with Gasteiger partial charge in [-0.15, -0.1) is 11.8 Å². The summed E-state index contributed by atoms with van der Waals surface area (Å²) in [5.41, 5.74) is 1.15. The standard InChI is InChI=1S/C34H44N8O11S/c1-14-27(47)38-22-11-19-18-6-4-5-7-20(18)40-33(19)54-13-23(34(53)42-12-17(44)10-24(42)31(51)36-14)39-32(52)26(16(3)43)41-28(48)15(2)35-29(49)21(37-30(22)50)8-9-25(45)46/h4-7,14-17,21-24,26,40,43-44H,8-13H2,1-3H3,(H,35,49)(H,36,51)(H,37,50)(H,38,47)(H,39,52)(H,41,48)(H,45,46)/t14-,15-,16?,17-,21-,22-,23-,24-,26+/m0/s1. The van der Waals surface area contributed by atoms with Gasteiger partial charge in [0, 0.05) is 42.5 Å². The number of carbonyl (C=O) groups is 8. The third-order valence-electron chi connectivity index (χ3n) is 9.54. The van der Waals surface area contributed by atoms with Crippen molar-refractivity contribution < 1.29 is 53.7 Å². The molecule has 1 aromatic heterocycles. The van der Waals surface area contributed by atoms with Gasteiger partial charge in [0.1, 0.15) is 42.3 Å². The summed E-state index contributed by atoms with van der Waals surface area (Å²) in [5.74, 6) is -7.52. The van der Waals surface area contributed by atoms with Crippen LogP contribution in [0, 0.1) is 0 Å². The largest absolute Gasteiger partial charge is 0.481 e. The summed E-state index contributed by atoms with van der Waals surface area (Å²) in [7, 11) is 0. The molecule has 7 amide bonds. The molecular formula is C34H44N8O11S. The number of aliphatic hydroxyl groups is 2.